The first-order chi connectivity index (χ1) is 12.7. The number of fused-ring (bicyclic) bond motifs is 2. The van der Waals surface area contributed by atoms with Crippen molar-refractivity contribution in [2.24, 2.45) is 0 Å². The zero-order valence-corrected chi connectivity index (χ0v) is 15.6. The summed E-state index contributed by atoms with van der Waals surface area (Å²) in [7, 11) is 0. The minimum Gasteiger partial charge on any atom is -0.397 e. The van der Waals surface area contributed by atoms with Crippen LogP contribution in [0.3, 0.4) is 0 Å². The van der Waals surface area contributed by atoms with Crippen LogP contribution in [0.25, 0.3) is 20.7 Å². The van der Waals surface area contributed by atoms with Gasteiger partial charge in [-0.05, 0) is 36.3 Å². The quantitative estimate of drug-likeness (QED) is 0.492. The van der Waals surface area contributed by atoms with Crippen LogP contribution in [-0.4, -0.2) is 10.8 Å². The van der Waals surface area contributed by atoms with E-state index in [9.17, 15) is 4.79 Å². The van der Waals surface area contributed by atoms with E-state index in [4.69, 9.17) is 10.7 Å². The van der Waals surface area contributed by atoms with Gasteiger partial charge in [0.25, 0.3) is 0 Å². The van der Waals surface area contributed by atoms with Crippen molar-refractivity contribution in [2.75, 3.05) is 5.73 Å². The molecule has 3 aromatic heterocycles. The average Bonchev–Trinajstić information content (AvgIpc) is 3.41. The van der Waals surface area contributed by atoms with Crippen molar-refractivity contribution >= 4 is 44.4 Å². The van der Waals surface area contributed by atoms with Crippen molar-refractivity contribution < 1.29 is 4.79 Å². The Morgan fingerprint density at radius 1 is 1.08 bits per heavy atom. The summed E-state index contributed by atoms with van der Waals surface area (Å²) in [6.45, 7) is 0. The number of benzene rings is 1. The lowest BCUT2D eigenvalue weighted by Gasteiger charge is -2.09. The second-order valence-electron chi connectivity index (χ2n) is 6.46. The molecule has 2 N–H and O–H groups in total. The molecule has 3 nitrogen and oxygen atoms in total. The van der Waals surface area contributed by atoms with Crippen molar-refractivity contribution in [2.45, 2.75) is 19.3 Å². The van der Waals surface area contributed by atoms with Gasteiger partial charge in [0.05, 0.1) is 5.69 Å². The zero-order chi connectivity index (χ0) is 17.7. The highest BCUT2D eigenvalue weighted by molar-refractivity contribution is 7.21. The van der Waals surface area contributed by atoms with Crippen molar-refractivity contribution in [3.05, 3.63) is 69.5 Å². The molecule has 0 saturated heterocycles. The summed E-state index contributed by atoms with van der Waals surface area (Å²) in [6.07, 6.45) is 3.17. The normalized spacial score (nSPS) is 13.2. The molecule has 0 spiro atoms. The number of carbonyl (C=O) groups excluding carboxylic acids is 1. The largest absolute Gasteiger partial charge is 0.397 e. The molecule has 26 heavy (non-hydrogen) atoms. The maximum Gasteiger partial charge on any atom is 0.205 e. The van der Waals surface area contributed by atoms with Crippen LogP contribution in [0.5, 0.6) is 0 Å². The SMILES string of the molecule is Nc1c(C(=O)c2ccccc2)sc2nc3c(c(-c4cccs4)c12)CCC3. The van der Waals surface area contributed by atoms with Crippen molar-refractivity contribution in [3.63, 3.8) is 0 Å². The van der Waals surface area contributed by atoms with E-state index >= 15 is 0 Å². The Morgan fingerprint density at radius 2 is 1.92 bits per heavy atom. The molecule has 0 amide bonds. The second-order valence-corrected chi connectivity index (χ2v) is 8.41. The molecular formula is C21H16N2OS2. The number of nitrogens with zero attached hydrogens (tertiary/aromatic N) is 1. The van der Waals surface area contributed by atoms with Gasteiger partial charge in [-0.2, -0.15) is 0 Å². The summed E-state index contributed by atoms with van der Waals surface area (Å²) in [5.41, 5.74) is 11.4. The molecule has 0 bridgehead atoms. The predicted octanol–water partition coefficient (Wildman–Crippen LogP) is 5.33. The Kier molecular flexibility index (Phi) is 3.65. The van der Waals surface area contributed by atoms with E-state index in [0.717, 1.165) is 29.5 Å². The summed E-state index contributed by atoms with van der Waals surface area (Å²) in [6, 6.07) is 13.5. The molecule has 5 rings (SSSR count). The van der Waals surface area contributed by atoms with Crippen molar-refractivity contribution in [1.82, 2.24) is 4.98 Å². The maximum absolute atomic E-state index is 13.0. The topological polar surface area (TPSA) is 56.0 Å². The van der Waals surface area contributed by atoms with E-state index < -0.39 is 0 Å². The first kappa shape index (κ1) is 15.7. The van der Waals surface area contributed by atoms with Gasteiger partial charge in [-0.3, -0.25) is 4.79 Å². The Morgan fingerprint density at radius 3 is 2.69 bits per heavy atom. The monoisotopic (exact) mass is 376 g/mol. The van der Waals surface area contributed by atoms with Gasteiger partial charge < -0.3 is 5.73 Å². The van der Waals surface area contributed by atoms with Gasteiger partial charge in [0.2, 0.25) is 5.78 Å². The van der Waals surface area contributed by atoms with Crippen LogP contribution in [0.1, 0.15) is 32.9 Å². The molecule has 3 heterocycles. The van der Waals surface area contributed by atoms with Crippen LogP contribution in [0.4, 0.5) is 5.69 Å². The minimum atomic E-state index is -0.0246. The molecule has 0 fully saturated rings. The summed E-state index contributed by atoms with van der Waals surface area (Å²) >= 11 is 3.14. The standard InChI is InChI=1S/C21H16N2OS2/c22-18-17-16(15-10-5-11-25-15)13-8-4-9-14(13)23-21(17)26-20(18)19(24)12-6-2-1-3-7-12/h1-3,5-7,10-11H,4,8-9,22H2. The molecule has 1 aliphatic rings. The summed E-state index contributed by atoms with van der Waals surface area (Å²) in [5, 5.41) is 3.04. The van der Waals surface area contributed by atoms with Gasteiger partial charge in [-0.1, -0.05) is 36.4 Å². The molecule has 0 saturated carbocycles. The zero-order valence-electron chi connectivity index (χ0n) is 14.0. The van der Waals surface area contributed by atoms with E-state index in [1.165, 1.54) is 33.0 Å². The molecule has 1 aliphatic carbocycles. The molecule has 5 heteroatoms. The van der Waals surface area contributed by atoms with E-state index in [0.29, 0.717) is 16.1 Å². The Hall–Kier alpha value is -2.50. The summed E-state index contributed by atoms with van der Waals surface area (Å²) in [5.74, 6) is -0.0246. The van der Waals surface area contributed by atoms with Gasteiger partial charge in [0.1, 0.15) is 9.71 Å². The fourth-order valence-electron chi connectivity index (χ4n) is 3.73. The molecule has 0 radical (unpaired) electrons. The molecule has 0 unspecified atom stereocenters. The highest BCUT2D eigenvalue weighted by atomic mass is 32.1. The number of hydrogen-bond donors (Lipinski definition) is 1. The maximum atomic E-state index is 13.0. The van der Waals surface area contributed by atoms with E-state index in [-0.39, 0.29) is 5.78 Å². The first-order valence-electron chi connectivity index (χ1n) is 8.61. The number of thiophene rings is 2. The number of rotatable bonds is 3. The number of nitrogens with two attached hydrogens (primary N) is 1. The number of carbonyl (C=O) groups is 1. The molecule has 0 atom stereocenters. The fourth-order valence-corrected chi connectivity index (χ4v) is 5.62. The first-order valence-corrected chi connectivity index (χ1v) is 10.3. The number of aryl methyl sites for hydroxylation is 1. The number of hydrogen-bond acceptors (Lipinski definition) is 5. The van der Waals surface area contributed by atoms with Crippen LogP contribution in [0.15, 0.2) is 47.8 Å². The van der Waals surface area contributed by atoms with Crippen LogP contribution in [0, 0.1) is 0 Å². The minimum absolute atomic E-state index is 0.0246. The predicted molar refractivity (Wildman–Crippen MR) is 109 cm³/mol. The van der Waals surface area contributed by atoms with Crippen molar-refractivity contribution in [1.29, 1.82) is 0 Å². The third-order valence-corrected chi connectivity index (χ3v) is 6.90. The highest BCUT2D eigenvalue weighted by Gasteiger charge is 2.27. The third-order valence-electron chi connectivity index (χ3n) is 4.91. The van der Waals surface area contributed by atoms with E-state index in [1.54, 1.807) is 11.3 Å². The lowest BCUT2D eigenvalue weighted by atomic mass is 10.0. The van der Waals surface area contributed by atoms with E-state index in [2.05, 4.69) is 17.5 Å². The summed E-state index contributed by atoms with van der Waals surface area (Å²) in [4.78, 5) is 20.6. The van der Waals surface area contributed by atoms with Gasteiger partial charge in [0.15, 0.2) is 0 Å². The molecular weight excluding hydrogens is 360 g/mol. The van der Waals surface area contributed by atoms with Gasteiger partial charge in [-0.15, -0.1) is 22.7 Å². The molecule has 4 aromatic rings. The van der Waals surface area contributed by atoms with Crippen LogP contribution in [0.2, 0.25) is 0 Å². The lowest BCUT2D eigenvalue weighted by molar-refractivity contribution is 0.104. The number of aromatic nitrogens is 1. The Labute approximate surface area is 159 Å². The number of nitrogen functional groups attached to an aromatic ring is 1. The lowest BCUT2D eigenvalue weighted by Crippen LogP contribution is -2.02. The number of ketones is 1. The number of pyridine rings is 1. The van der Waals surface area contributed by atoms with Crippen LogP contribution >= 0.6 is 22.7 Å². The van der Waals surface area contributed by atoms with Crippen LogP contribution < -0.4 is 5.73 Å². The third kappa shape index (κ3) is 2.31. The van der Waals surface area contributed by atoms with Gasteiger partial charge in [-0.25, -0.2) is 4.98 Å². The second kappa shape index (κ2) is 6.04. The smallest absolute Gasteiger partial charge is 0.205 e. The summed E-state index contributed by atoms with van der Waals surface area (Å²) < 4.78 is 0. The van der Waals surface area contributed by atoms with Crippen LogP contribution in [-0.2, 0) is 12.8 Å². The molecule has 1 aromatic carbocycles. The average molecular weight is 377 g/mol. The molecule has 0 aliphatic heterocycles. The van der Waals surface area contributed by atoms with Crippen molar-refractivity contribution in [3.8, 4) is 10.4 Å². The van der Waals surface area contributed by atoms with E-state index in [1.807, 2.05) is 30.3 Å². The van der Waals surface area contributed by atoms with Gasteiger partial charge in [0, 0.05) is 27.1 Å². The molecule has 128 valence electrons. The number of anilines is 1. The fraction of sp³-hybridized carbons (Fsp3) is 0.143. The highest BCUT2D eigenvalue weighted by Crippen LogP contribution is 2.45. The van der Waals surface area contributed by atoms with Gasteiger partial charge >= 0.3 is 0 Å². The Balaban J connectivity index is 1.79. The Bertz CT molecular complexity index is 1130.